The van der Waals surface area contributed by atoms with Gasteiger partial charge in [-0.15, -0.1) is 11.3 Å². The highest BCUT2D eigenvalue weighted by Gasteiger charge is 2.36. The smallest absolute Gasteiger partial charge is 0.245 e. The fourth-order valence-corrected chi connectivity index (χ4v) is 6.56. The van der Waals surface area contributed by atoms with Gasteiger partial charge in [0, 0.05) is 69.2 Å². The minimum absolute atomic E-state index is 0.0911. The van der Waals surface area contributed by atoms with Gasteiger partial charge in [0.1, 0.15) is 6.04 Å². The molecule has 7 heteroatoms. The Morgan fingerprint density at radius 3 is 2.51 bits per heavy atom. The van der Waals surface area contributed by atoms with Crippen molar-refractivity contribution in [3.05, 3.63) is 87.1 Å². The van der Waals surface area contributed by atoms with E-state index in [4.69, 9.17) is 0 Å². The summed E-state index contributed by atoms with van der Waals surface area (Å²) in [6.45, 7) is 9.57. The molecule has 3 heterocycles. The number of aryl methyl sites for hydroxylation is 2. The summed E-state index contributed by atoms with van der Waals surface area (Å²) in [5.41, 5.74) is 6.08. The van der Waals surface area contributed by atoms with Crippen LogP contribution in [-0.4, -0.2) is 66.9 Å². The number of nitrogens with zero attached hydrogens (tertiary/aromatic N) is 3. The maximum Gasteiger partial charge on any atom is 0.245 e. The number of nitrogens with one attached hydrogen (secondary N) is 1. The summed E-state index contributed by atoms with van der Waals surface area (Å²) in [6, 6.07) is 18.8. The molecule has 1 aromatic heterocycles. The van der Waals surface area contributed by atoms with E-state index in [0.29, 0.717) is 32.5 Å². The zero-order valence-corrected chi connectivity index (χ0v) is 24.0. The van der Waals surface area contributed by atoms with Crippen molar-refractivity contribution < 1.29 is 9.59 Å². The molecule has 0 aliphatic carbocycles. The number of carbonyl (C=O) groups is 2. The summed E-state index contributed by atoms with van der Waals surface area (Å²) in [6.07, 6.45) is 3.00. The number of hydrogen-bond donors (Lipinski definition) is 1. The van der Waals surface area contributed by atoms with Gasteiger partial charge in [-0.3, -0.25) is 9.59 Å². The lowest BCUT2D eigenvalue weighted by molar-refractivity contribution is -0.143. The normalized spacial score (nSPS) is 16.7. The molecule has 2 amide bonds. The van der Waals surface area contributed by atoms with Crippen molar-refractivity contribution in [1.82, 2.24) is 15.1 Å². The number of rotatable bonds is 10. The zero-order valence-electron chi connectivity index (χ0n) is 23.2. The molecule has 0 spiro atoms. The lowest BCUT2D eigenvalue weighted by Gasteiger charge is -2.40. The first-order valence-corrected chi connectivity index (χ1v) is 15.1. The van der Waals surface area contributed by atoms with E-state index in [-0.39, 0.29) is 11.8 Å². The molecule has 2 aliphatic heterocycles. The van der Waals surface area contributed by atoms with Crippen molar-refractivity contribution in [2.24, 2.45) is 0 Å². The molecule has 1 atom stereocenters. The summed E-state index contributed by atoms with van der Waals surface area (Å²) in [4.78, 5) is 34.3. The quantitative estimate of drug-likeness (QED) is 0.380. The Labute approximate surface area is 236 Å². The van der Waals surface area contributed by atoms with Crippen LogP contribution >= 0.6 is 11.3 Å². The number of thiophene rings is 1. The second-order valence-electron chi connectivity index (χ2n) is 10.8. The molecule has 3 aromatic rings. The average molecular weight is 545 g/mol. The van der Waals surface area contributed by atoms with Crippen molar-refractivity contribution in [2.75, 3.05) is 44.2 Å². The predicted octanol–water partition coefficient (Wildman–Crippen LogP) is 4.58. The van der Waals surface area contributed by atoms with Crippen LogP contribution in [0.15, 0.2) is 60.0 Å². The van der Waals surface area contributed by atoms with Crippen molar-refractivity contribution in [2.45, 2.75) is 52.1 Å². The summed E-state index contributed by atoms with van der Waals surface area (Å²) in [7, 11) is 0. The highest BCUT2D eigenvalue weighted by Crippen LogP contribution is 2.25. The number of anilines is 1. The third-order valence-corrected chi connectivity index (χ3v) is 8.99. The van der Waals surface area contributed by atoms with E-state index in [1.807, 2.05) is 9.80 Å². The van der Waals surface area contributed by atoms with Crippen LogP contribution in [0.2, 0.25) is 0 Å². The number of likely N-dealkylation sites (tertiary alicyclic amines) is 1. The maximum atomic E-state index is 13.9. The molecule has 2 saturated heterocycles. The highest BCUT2D eigenvalue weighted by molar-refractivity contribution is 7.09. The van der Waals surface area contributed by atoms with Gasteiger partial charge in [-0.05, 0) is 60.9 Å². The van der Waals surface area contributed by atoms with E-state index in [0.717, 1.165) is 44.6 Å². The third-order valence-electron chi connectivity index (χ3n) is 8.05. The molecule has 0 saturated carbocycles. The fraction of sp³-hybridized carbons (Fsp3) is 0.438. The zero-order chi connectivity index (χ0) is 27.2. The maximum absolute atomic E-state index is 13.9. The SMILES string of the molecule is Cc1ccc(CC(C(=O)N2CCN(c3ccccc3CNCCc3cccs3)CC2)N2CCCC2=O)c(C)c1. The molecule has 206 valence electrons. The molecule has 6 nitrogen and oxygen atoms in total. The Morgan fingerprint density at radius 2 is 1.79 bits per heavy atom. The van der Waals surface area contributed by atoms with Crippen LogP contribution in [0.25, 0.3) is 0 Å². The first-order chi connectivity index (χ1) is 19.0. The Hall–Kier alpha value is -3.16. The molecule has 0 radical (unpaired) electrons. The highest BCUT2D eigenvalue weighted by atomic mass is 32.1. The van der Waals surface area contributed by atoms with Gasteiger partial charge in [0.15, 0.2) is 0 Å². The van der Waals surface area contributed by atoms with Crippen LogP contribution in [0.3, 0.4) is 0 Å². The minimum Gasteiger partial charge on any atom is -0.368 e. The summed E-state index contributed by atoms with van der Waals surface area (Å²) in [5.74, 6) is 0.200. The molecule has 2 aliphatic rings. The topological polar surface area (TPSA) is 55.9 Å². The van der Waals surface area contributed by atoms with Crippen LogP contribution in [0.5, 0.6) is 0 Å². The molecule has 39 heavy (non-hydrogen) atoms. The Bertz CT molecular complexity index is 1270. The number of piperazine rings is 1. The largest absolute Gasteiger partial charge is 0.368 e. The van der Waals surface area contributed by atoms with Crippen LogP contribution in [0.1, 0.15) is 40.0 Å². The van der Waals surface area contributed by atoms with Gasteiger partial charge >= 0.3 is 0 Å². The van der Waals surface area contributed by atoms with E-state index < -0.39 is 6.04 Å². The van der Waals surface area contributed by atoms with E-state index in [1.165, 1.54) is 27.3 Å². The molecular weight excluding hydrogens is 504 g/mol. The predicted molar refractivity (Wildman–Crippen MR) is 159 cm³/mol. The van der Waals surface area contributed by atoms with E-state index in [1.54, 1.807) is 11.3 Å². The number of hydrogen-bond acceptors (Lipinski definition) is 5. The monoisotopic (exact) mass is 544 g/mol. The van der Waals surface area contributed by atoms with Crippen LogP contribution in [-0.2, 0) is 29.0 Å². The molecule has 5 rings (SSSR count). The number of para-hydroxylation sites is 1. The van der Waals surface area contributed by atoms with E-state index >= 15 is 0 Å². The summed E-state index contributed by atoms with van der Waals surface area (Å²) >= 11 is 1.81. The molecule has 1 N–H and O–H groups in total. The second-order valence-corrected chi connectivity index (χ2v) is 11.8. The lowest BCUT2D eigenvalue weighted by atomic mass is 9.97. The van der Waals surface area contributed by atoms with Crippen molar-refractivity contribution in [3.8, 4) is 0 Å². The minimum atomic E-state index is -0.423. The first kappa shape index (κ1) is 27.4. The Balaban J connectivity index is 1.22. The van der Waals surface area contributed by atoms with Gasteiger partial charge in [-0.1, -0.05) is 48.0 Å². The number of amides is 2. The standard InChI is InChI=1S/C32H40N4O2S/c1-24-11-12-26(25(2)21-24)22-30(36-15-5-10-31(36)37)32(38)35-18-16-34(17-19-35)29-9-4-3-7-27(29)23-33-14-13-28-8-6-20-39-28/h3-4,6-9,11-12,20-21,30,33H,5,10,13-19,22-23H2,1-2H3. The van der Waals surface area contributed by atoms with E-state index in [9.17, 15) is 9.59 Å². The lowest BCUT2D eigenvalue weighted by Crippen LogP contribution is -2.56. The Morgan fingerprint density at radius 1 is 0.974 bits per heavy atom. The van der Waals surface area contributed by atoms with Gasteiger partial charge in [-0.2, -0.15) is 0 Å². The number of carbonyl (C=O) groups excluding carboxylic acids is 2. The van der Waals surface area contributed by atoms with E-state index in [2.05, 4.69) is 84.0 Å². The van der Waals surface area contributed by atoms with Crippen molar-refractivity contribution in [3.63, 3.8) is 0 Å². The van der Waals surface area contributed by atoms with Crippen LogP contribution < -0.4 is 10.2 Å². The van der Waals surface area contributed by atoms with Crippen LogP contribution in [0.4, 0.5) is 5.69 Å². The third kappa shape index (κ3) is 6.71. The molecule has 0 bridgehead atoms. The van der Waals surface area contributed by atoms with Gasteiger partial charge in [0.2, 0.25) is 11.8 Å². The van der Waals surface area contributed by atoms with Gasteiger partial charge in [0.05, 0.1) is 0 Å². The van der Waals surface area contributed by atoms with Gasteiger partial charge < -0.3 is 20.0 Å². The van der Waals surface area contributed by atoms with Crippen molar-refractivity contribution >= 4 is 28.8 Å². The molecule has 1 unspecified atom stereocenters. The molecule has 2 fully saturated rings. The Kier molecular flexibility index (Phi) is 8.99. The number of benzene rings is 2. The second kappa shape index (κ2) is 12.8. The first-order valence-electron chi connectivity index (χ1n) is 14.2. The van der Waals surface area contributed by atoms with Gasteiger partial charge in [-0.25, -0.2) is 0 Å². The average Bonchev–Trinajstić information content (AvgIpc) is 3.63. The van der Waals surface area contributed by atoms with Crippen molar-refractivity contribution in [1.29, 1.82) is 0 Å². The molecular formula is C32H40N4O2S. The fourth-order valence-electron chi connectivity index (χ4n) is 5.85. The summed E-state index contributed by atoms with van der Waals surface area (Å²) in [5, 5.41) is 5.73. The summed E-state index contributed by atoms with van der Waals surface area (Å²) < 4.78 is 0. The van der Waals surface area contributed by atoms with Gasteiger partial charge in [0.25, 0.3) is 0 Å². The molecule has 2 aromatic carbocycles. The van der Waals surface area contributed by atoms with Crippen LogP contribution in [0, 0.1) is 13.8 Å².